The van der Waals surface area contributed by atoms with Crippen LogP contribution in [0.3, 0.4) is 0 Å². The molecule has 1 fully saturated rings. The van der Waals surface area contributed by atoms with Crippen LogP contribution in [0.4, 0.5) is 16.2 Å². The molecule has 21 heavy (non-hydrogen) atoms. The highest BCUT2D eigenvalue weighted by Crippen LogP contribution is 2.26. The third kappa shape index (κ3) is 2.77. The first-order valence-electron chi connectivity index (χ1n) is 7.27. The van der Waals surface area contributed by atoms with E-state index in [2.05, 4.69) is 10.6 Å². The Morgan fingerprint density at radius 1 is 1.33 bits per heavy atom. The van der Waals surface area contributed by atoms with Crippen LogP contribution in [0.2, 0.25) is 0 Å². The molecule has 0 bridgehead atoms. The normalized spacial score (nSPS) is 18.1. The van der Waals surface area contributed by atoms with Crippen LogP contribution in [-0.4, -0.2) is 25.0 Å². The van der Waals surface area contributed by atoms with Gasteiger partial charge in [-0.3, -0.25) is 9.69 Å². The SMILES string of the molecule is Cc1cc(N2CCNC2=O)ccc1NC(=O)C1CC=CC1. The monoisotopic (exact) mass is 285 g/mol. The van der Waals surface area contributed by atoms with Crippen molar-refractivity contribution in [1.82, 2.24) is 5.32 Å². The molecule has 1 aliphatic heterocycles. The van der Waals surface area contributed by atoms with Crippen LogP contribution in [0.5, 0.6) is 0 Å². The Bertz CT molecular complexity index is 602. The van der Waals surface area contributed by atoms with E-state index in [9.17, 15) is 9.59 Å². The van der Waals surface area contributed by atoms with Gasteiger partial charge in [0, 0.05) is 30.4 Å². The minimum Gasteiger partial charge on any atom is -0.336 e. The Labute approximate surface area is 124 Å². The van der Waals surface area contributed by atoms with Gasteiger partial charge >= 0.3 is 6.03 Å². The molecular weight excluding hydrogens is 266 g/mol. The van der Waals surface area contributed by atoms with Crippen molar-refractivity contribution in [3.8, 4) is 0 Å². The van der Waals surface area contributed by atoms with Crippen LogP contribution in [0.25, 0.3) is 0 Å². The van der Waals surface area contributed by atoms with Crippen molar-refractivity contribution >= 4 is 23.3 Å². The summed E-state index contributed by atoms with van der Waals surface area (Å²) in [6.07, 6.45) is 5.73. The number of benzene rings is 1. The van der Waals surface area contributed by atoms with Crippen molar-refractivity contribution < 1.29 is 9.59 Å². The van der Waals surface area contributed by atoms with Gasteiger partial charge in [-0.15, -0.1) is 0 Å². The Kier molecular flexibility index (Phi) is 3.64. The molecule has 3 rings (SSSR count). The summed E-state index contributed by atoms with van der Waals surface area (Å²) in [5, 5.41) is 5.76. The Balaban J connectivity index is 1.72. The molecule has 0 spiro atoms. The first kappa shape index (κ1) is 13.7. The van der Waals surface area contributed by atoms with E-state index in [1.165, 1.54) is 0 Å². The molecule has 1 aromatic carbocycles. The molecule has 1 heterocycles. The van der Waals surface area contributed by atoms with E-state index in [4.69, 9.17) is 0 Å². The largest absolute Gasteiger partial charge is 0.336 e. The van der Waals surface area contributed by atoms with Crippen molar-refractivity contribution in [3.05, 3.63) is 35.9 Å². The van der Waals surface area contributed by atoms with Crippen LogP contribution >= 0.6 is 0 Å². The lowest BCUT2D eigenvalue weighted by Crippen LogP contribution is -2.27. The van der Waals surface area contributed by atoms with E-state index in [0.29, 0.717) is 13.1 Å². The number of urea groups is 1. The zero-order valence-corrected chi connectivity index (χ0v) is 12.1. The van der Waals surface area contributed by atoms with E-state index in [0.717, 1.165) is 29.8 Å². The second-order valence-electron chi connectivity index (χ2n) is 5.51. The fourth-order valence-electron chi connectivity index (χ4n) is 2.74. The van der Waals surface area contributed by atoms with Gasteiger partial charge in [-0.05, 0) is 43.5 Å². The molecule has 0 unspecified atom stereocenters. The van der Waals surface area contributed by atoms with Gasteiger partial charge in [-0.1, -0.05) is 12.2 Å². The lowest BCUT2D eigenvalue weighted by Gasteiger charge is -2.17. The van der Waals surface area contributed by atoms with Gasteiger partial charge in [-0.2, -0.15) is 0 Å². The third-order valence-electron chi connectivity index (χ3n) is 4.01. The maximum absolute atomic E-state index is 12.1. The maximum Gasteiger partial charge on any atom is 0.321 e. The third-order valence-corrected chi connectivity index (χ3v) is 4.01. The summed E-state index contributed by atoms with van der Waals surface area (Å²) in [5.74, 6) is 0.114. The summed E-state index contributed by atoms with van der Waals surface area (Å²) >= 11 is 0. The molecule has 5 nitrogen and oxygen atoms in total. The molecule has 110 valence electrons. The van der Waals surface area contributed by atoms with Crippen molar-refractivity contribution in [2.75, 3.05) is 23.3 Å². The van der Waals surface area contributed by atoms with E-state index in [1.807, 2.05) is 37.3 Å². The fraction of sp³-hybridized carbons (Fsp3) is 0.375. The Morgan fingerprint density at radius 3 is 2.71 bits per heavy atom. The van der Waals surface area contributed by atoms with E-state index < -0.39 is 0 Å². The number of carbonyl (C=O) groups excluding carboxylic acids is 2. The zero-order valence-electron chi connectivity index (χ0n) is 12.1. The molecule has 0 radical (unpaired) electrons. The van der Waals surface area contributed by atoms with Crippen LogP contribution in [-0.2, 0) is 4.79 Å². The first-order chi connectivity index (χ1) is 10.1. The topological polar surface area (TPSA) is 61.4 Å². The number of hydrogen-bond donors (Lipinski definition) is 2. The van der Waals surface area contributed by atoms with Gasteiger partial charge in [0.15, 0.2) is 0 Å². The van der Waals surface area contributed by atoms with Gasteiger partial charge in [0.05, 0.1) is 0 Å². The lowest BCUT2D eigenvalue weighted by atomic mass is 10.1. The van der Waals surface area contributed by atoms with Crippen LogP contribution in [0.1, 0.15) is 18.4 Å². The number of nitrogens with zero attached hydrogens (tertiary/aromatic N) is 1. The maximum atomic E-state index is 12.1. The minimum absolute atomic E-state index is 0.0495. The molecule has 0 saturated carbocycles. The fourth-order valence-corrected chi connectivity index (χ4v) is 2.74. The molecule has 1 aliphatic carbocycles. The van der Waals surface area contributed by atoms with Gasteiger partial charge in [-0.25, -0.2) is 4.79 Å². The number of allylic oxidation sites excluding steroid dienone is 2. The molecule has 1 saturated heterocycles. The summed E-state index contributed by atoms with van der Waals surface area (Å²) in [4.78, 5) is 25.5. The molecule has 2 aliphatic rings. The van der Waals surface area contributed by atoms with Gasteiger partial charge < -0.3 is 10.6 Å². The van der Waals surface area contributed by atoms with Gasteiger partial charge in [0.25, 0.3) is 0 Å². The van der Waals surface area contributed by atoms with Crippen LogP contribution < -0.4 is 15.5 Å². The molecule has 3 amide bonds. The van der Waals surface area contributed by atoms with E-state index in [-0.39, 0.29) is 17.9 Å². The highest BCUT2D eigenvalue weighted by molar-refractivity contribution is 5.96. The number of rotatable bonds is 3. The van der Waals surface area contributed by atoms with Crippen molar-refractivity contribution in [1.29, 1.82) is 0 Å². The number of nitrogens with one attached hydrogen (secondary N) is 2. The Hall–Kier alpha value is -2.30. The smallest absolute Gasteiger partial charge is 0.321 e. The standard InChI is InChI=1S/C16H19N3O2/c1-11-10-13(19-9-8-17-16(19)21)6-7-14(11)18-15(20)12-4-2-3-5-12/h2-3,6-7,10,12H,4-5,8-9H2,1H3,(H,17,21)(H,18,20). The molecular formula is C16H19N3O2. The zero-order chi connectivity index (χ0) is 14.8. The second kappa shape index (κ2) is 5.60. The average molecular weight is 285 g/mol. The van der Waals surface area contributed by atoms with E-state index in [1.54, 1.807) is 4.90 Å². The average Bonchev–Trinajstić information content (AvgIpc) is 3.12. The van der Waals surface area contributed by atoms with Crippen molar-refractivity contribution in [3.63, 3.8) is 0 Å². The minimum atomic E-state index is -0.0665. The van der Waals surface area contributed by atoms with Crippen molar-refractivity contribution in [2.24, 2.45) is 5.92 Å². The van der Waals surface area contributed by atoms with Crippen LogP contribution in [0.15, 0.2) is 30.4 Å². The molecule has 0 aromatic heterocycles. The van der Waals surface area contributed by atoms with E-state index >= 15 is 0 Å². The molecule has 2 N–H and O–H groups in total. The van der Waals surface area contributed by atoms with Gasteiger partial charge in [0.1, 0.15) is 0 Å². The highest BCUT2D eigenvalue weighted by Gasteiger charge is 2.22. The predicted octanol–water partition coefficient (Wildman–Crippen LogP) is 2.43. The summed E-state index contributed by atoms with van der Waals surface area (Å²) in [6.45, 7) is 3.29. The first-order valence-corrected chi connectivity index (χ1v) is 7.27. The lowest BCUT2D eigenvalue weighted by molar-refractivity contribution is -0.119. The summed E-state index contributed by atoms with van der Waals surface area (Å²) in [5.41, 5.74) is 2.64. The van der Waals surface area contributed by atoms with Crippen LogP contribution in [0, 0.1) is 12.8 Å². The van der Waals surface area contributed by atoms with Crippen molar-refractivity contribution in [2.45, 2.75) is 19.8 Å². The second-order valence-corrected chi connectivity index (χ2v) is 5.51. The summed E-state index contributed by atoms with van der Waals surface area (Å²) in [6, 6.07) is 5.62. The molecule has 1 aromatic rings. The number of aryl methyl sites for hydroxylation is 1. The highest BCUT2D eigenvalue weighted by atomic mass is 16.2. The number of hydrogen-bond acceptors (Lipinski definition) is 2. The number of anilines is 2. The summed E-state index contributed by atoms with van der Waals surface area (Å²) in [7, 11) is 0. The predicted molar refractivity (Wildman–Crippen MR) is 82.4 cm³/mol. The quantitative estimate of drug-likeness (QED) is 0.838. The molecule has 0 atom stereocenters. The molecule has 5 heteroatoms. The van der Waals surface area contributed by atoms with Gasteiger partial charge in [0.2, 0.25) is 5.91 Å². The Morgan fingerprint density at radius 2 is 2.10 bits per heavy atom. The summed E-state index contributed by atoms with van der Waals surface area (Å²) < 4.78 is 0. The number of carbonyl (C=O) groups is 2. The number of amides is 3.